The van der Waals surface area contributed by atoms with Crippen LogP contribution in [0.4, 0.5) is 0 Å². The van der Waals surface area contributed by atoms with Gasteiger partial charge in [0.05, 0.1) is 12.9 Å². The molecule has 18 heavy (non-hydrogen) atoms. The molecule has 0 spiro atoms. The monoisotopic (exact) mass is 284 g/mol. The molecule has 2 rings (SSSR count). The number of rotatable bonds is 4. The van der Waals surface area contributed by atoms with Gasteiger partial charge in [0.1, 0.15) is 17.4 Å². The summed E-state index contributed by atoms with van der Waals surface area (Å²) in [5.41, 5.74) is -0.367. The van der Waals surface area contributed by atoms with E-state index in [1.165, 1.54) is 10.9 Å². The third-order valence-electron chi connectivity index (χ3n) is 2.28. The van der Waals surface area contributed by atoms with E-state index in [-0.39, 0.29) is 15.7 Å². The van der Waals surface area contributed by atoms with Gasteiger partial charge < -0.3 is 4.74 Å². The molecule has 0 aliphatic carbocycles. The molecule has 6 heteroatoms. The fourth-order valence-corrected chi connectivity index (χ4v) is 1.66. The van der Waals surface area contributed by atoms with Crippen LogP contribution >= 0.6 is 23.2 Å². The molecule has 1 aromatic carbocycles. The van der Waals surface area contributed by atoms with Crippen LogP contribution in [0.25, 0.3) is 0 Å². The van der Waals surface area contributed by atoms with Gasteiger partial charge in [-0.05, 0) is 12.1 Å². The number of hydrogen-bond acceptors (Lipinski definition) is 3. The van der Waals surface area contributed by atoms with Gasteiger partial charge in [0.15, 0.2) is 5.15 Å². The van der Waals surface area contributed by atoms with Crippen molar-refractivity contribution < 1.29 is 4.74 Å². The first kappa shape index (κ1) is 12.9. The lowest BCUT2D eigenvalue weighted by Gasteiger charge is -2.08. The van der Waals surface area contributed by atoms with Crippen LogP contribution in [0, 0.1) is 0 Å². The van der Waals surface area contributed by atoms with Crippen LogP contribution in [0.2, 0.25) is 10.2 Å². The quantitative estimate of drug-likeness (QED) is 0.811. The Morgan fingerprint density at radius 2 is 1.94 bits per heavy atom. The van der Waals surface area contributed by atoms with E-state index in [0.29, 0.717) is 13.2 Å². The third-order valence-corrected chi connectivity index (χ3v) is 3.01. The number of para-hydroxylation sites is 1. The van der Waals surface area contributed by atoms with Gasteiger partial charge in [-0.2, -0.15) is 0 Å². The second-order valence-corrected chi connectivity index (χ2v) is 4.25. The van der Waals surface area contributed by atoms with Gasteiger partial charge in [0.2, 0.25) is 0 Å². The van der Waals surface area contributed by atoms with Crippen molar-refractivity contribution in [3.63, 3.8) is 0 Å². The molecular weight excluding hydrogens is 275 g/mol. The van der Waals surface area contributed by atoms with Crippen LogP contribution in [-0.4, -0.2) is 16.2 Å². The summed E-state index contributed by atoms with van der Waals surface area (Å²) in [6.07, 6.45) is 1.35. The summed E-state index contributed by atoms with van der Waals surface area (Å²) in [4.78, 5) is 15.5. The Hall–Kier alpha value is -1.52. The van der Waals surface area contributed by atoms with Crippen LogP contribution in [0.15, 0.2) is 41.5 Å². The molecule has 1 heterocycles. The summed E-state index contributed by atoms with van der Waals surface area (Å²) in [5.74, 6) is 0.749. The zero-order chi connectivity index (χ0) is 13.0. The number of nitrogens with zero attached hydrogens (tertiary/aromatic N) is 2. The minimum absolute atomic E-state index is 0.0156. The van der Waals surface area contributed by atoms with Gasteiger partial charge in [0, 0.05) is 0 Å². The van der Waals surface area contributed by atoms with Crippen LogP contribution < -0.4 is 10.3 Å². The highest BCUT2D eigenvalue weighted by atomic mass is 35.5. The van der Waals surface area contributed by atoms with Gasteiger partial charge in [-0.15, -0.1) is 0 Å². The van der Waals surface area contributed by atoms with E-state index in [1.807, 2.05) is 30.3 Å². The van der Waals surface area contributed by atoms with Crippen molar-refractivity contribution in [1.82, 2.24) is 9.55 Å². The molecule has 0 fully saturated rings. The van der Waals surface area contributed by atoms with Gasteiger partial charge in [-0.1, -0.05) is 41.4 Å². The van der Waals surface area contributed by atoms with E-state index in [9.17, 15) is 4.79 Å². The molecule has 2 aromatic rings. The van der Waals surface area contributed by atoms with Crippen LogP contribution in [0.1, 0.15) is 0 Å². The summed E-state index contributed by atoms with van der Waals surface area (Å²) < 4.78 is 6.83. The number of benzene rings is 1. The summed E-state index contributed by atoms with van der Waals surface area (Å²) >= 11 is 11.3. The first-order valence-corrected chi connectivity index (χ1v) is 6.02. The van der Waals surface area contributed by atoms with E-state index in [1.54, 1.807) is 0 Å². The van der Waals surface area contributed by atoms with Crippen LogP contribution in [-0.2, 0) is 6.54 Å². The summed E-state index contributed by atoms with van der Waals surface area (Å²) in [6, 6.07) is 9.34. The SMILES string of the molecule is O=c1c(Cl)c(Cl)ncn1CCOc1ccccc1. The minimum Gasteiger partial charge on any atom is -0.492 e. The maximum Gasteiger partial charge on any atom is 0.273 e. The molecule has 0 bridgehead atoms. The predicted molar refractivity (Wildman–Crippen MR) is 70.5 cm³/mol. The number of aromatic nitrogens is 2. The maximum atomic E-state index is 11.7. The Balaban J connectivity index is 1.99. The third kappa shape index (κ3) is 3.03. The molecule has 0 amide bonds. The molecule has 0 saturated carbocycles. The Bertz CT molecular complexity index is 584. The van der Waals surface area contributed by atoms with Gasteiger partial charge in [-0.25, -0.2) is 4.98 Å². The van der Waals surface area contributed by atoms with Gasteiger partial charge >= 0.3 is 0 Å². The molecule has 0 N–H and O–H groups in total. The molecule has 0 aliphatic rings. The summed E-state index contributed by atoms with van der Waals surface area (Å²) in [6.45, 7) is 0.710. The van der Waals surface area contributed by atoms with Crippen molar-refractivity contribution in [3.05, 3.63) is 57.2 Å². The fourth-order valence-electron chi connectivity index (χ4n) is 1.38. The number of hydrogen-bond donors (Lipinski definition) is 0. The Morgan fingerprint density at radius 1 is 1.22 bits per heavy atom. The highest BCUT2D eigenvalue weighted by molar-refractivity contribution is 6.40. The van der Waals surface area contributed by atoms with Crippen molar-refractivity contribution >= 4 is 23.2 Å². The van der Waals surface area contributed by atoms with Gasteiger partial charge in [0.25, 0.3) is 5.56 Å². The zero-order valence-corrected chi connectivity index (χ0v) is 10.9. The molecule has 94 valence electrons. The molecule has 0 aliphatic heterocycles. The van der Waals surface area contributed by atoms with E-state index < -0.39 is 0 Å². The Kier molecular flexibility index (Phi) is 4.23. The molecule has 4 nitrogen and oxygen atoms in total. The van der Waals surface area contributed by atoms with E-state index in [4.69, 9.17) is 27.9 Å². The first-order chi connectivity index (χ1) is 8.68. The molecule has 1 aromatic heterocycles. The van der Waals surface area contributed by atoms with Crippen LogP contribution in [0.3, 0.4) is 0 Å². The maximum absolute atomic E-state index is 11.7. The fraction of sp³-hybridized carbons (Fsp3) is 0.167. The smallest absolute Gasteiger partial charge is 0.273 e. The first-order valence-electron chi connectivity index (χ1n) is 5.27. The topological polar surface area (TPSA) is 44.1 Å². The highest BCUT2D eigenvalue weighted by Crippen LogP contribution is 2.12. The van der Waals surface area contributed by atoms with Crippen molar-refractivity contribution in [2.75, 3.05) is 6.61 Å². The molecule has 0 radical (unpaired) electrons. The van der Waals surface area contributed by atoms with Crippen molar-refractivity contribution in [1.29, 1.82) is 0 Å². The summed E-state index contributed by atoms with van der Waals surface area (Å²) in [5, 5.41) is -0.0548. The largest absolute Gasteiger partial charge is 0.492 e. The van der Waals surface area contributed by atoms with Gasteiger partial charge in [-0.3, -0.25) is 9.36 Å². The second-order valence-electron chi connectivity index (χ2n) is 3.51. The molecular formula is C12H10Cl2N2O2. The van der Waals surface area contributed by atoms with E-state index >= 15 is 0 Å². The lowest BCUT2D eigenvalue weighted by Crippen LogP contribution is -2.24. The van der Waals surface area contributed by atoms with Crippen LogP contribution in [0.5, 0.6) is 5.75 Å². The van der Waals surface area contributed by atoms with Crippen molar-refractivity contribution in [3.8, 4) is 5.75 Å². The Morgan fingerprint density at radius 3 is 2.67 bits per heavy atom. The zero-order valence-electron chi connectivity index (χ0n) is 9.35. The van der Waals surface area contributed by atoms with Crippen molar-refractivity contribution in [2.45, 2.75) is 6.54 Å². The normalized spacial score (nSPS) is 10.3. The predicted octanol–water partition coefficient (Wildman–Crippen LogP) is 2.63. The number of halogens is 2. The van der Waals surface area contributed by atoms with Crippen molar-refractivity contribution in [2.24, 2.45) is 0 Å². The molecule has 0 unspecified atom stereocenters. The lowest BCUT2D eigenvalue weighted by molar-refractivity contribution is 0.295. The van der Waals surface area contributed by atoms with E-state index in [0.717, 1.165) is 5.75 Å². The lowest BCUT2D eigenvalue weighted by atomic mass is 10.3. The highest BCUT2D eigenvalue weighted by Gasteiger charge is 2.06. The molecule has 0 atom stereocenters. The average Bonchev–Trinajstić information content (AvgIpc) is 2.40. The average molecular weight is 285 g/mol. The number of ether oxygens (including phenoxy) is 1. The minimum atomic E-state index is -0.367. The Labute approximate surface area is 114 Å². The standard InChI is InChI=1S/C12H10Cl2N2O2/c13-10-11(14)15-8-16(12(10)17)6-7-18-9-4-2-1-3-5-9/h1-5,8H,6-7H2. The molecule has 0 saturated heterocycles. The van der Waals surface area contributed by atoms with E-state index in [2.05, 4.69) is 4.98 Å². The second kappa shape index (κ2) is 5.89. The summed E-state index contributed by atoms with van der Waals surface area (Å²) in [7, 11) is 0.